The monoisotopic (exact) mass is 357 g/mol. The molecule has 0 radical (unpaired) electrons. The molecule has 0 aliphatic heterocycles. The van der Waals surface area contributed by atoms with Crippen LogP contribution in [-0.2, 0) is 6.54 Å². The normalized spacial score (nSPS) is 10.2. The number of methoxy groups -OCH3 is 3. The van der Waals surface area contributed by atoms with Crippen LogP contribution in [0.3, 0.4) is 0 Å². The van der Waals surface area contributed by atoms with Gasteiger partial charge in [-0.3, -0.25) is 4.90 Å². The fraction of sp³-hybridized carbons (Fsp3) is 0.571. The van der Waals surface area contributed by atoms with Gasteiger partial charge in [0, 0.05) is 31.4 Å². The van der Waals surface area contributed by atoms with Crippen molar-refractivity contribution >= 4 is 35.6 Å². The van der Waals surface area contributed by atoms with Crippen LogP contribution in [0, 0.1) is 0 Å². The third kappa shape index (κ3) is 5.99. The zero-order valence-electron chi connectivity index (χ0n) is 12.5. The van der Waals surface area contributed by atoms with E-state index in [4.69, 9.17) is 37.4 Å². The van der Waals surface area contributed by atoms with Crippen LogP contribution in [0.25, 0.3) is 0 Å². The Labute approximate surface area is 142 Å². The Morgan fingerprint density at radius 2 is 1.38 bits per heavy atom. The first-order valence-electron chi connectivity index (χ1n) is 6.33. The van der Waals surface area contributed by atoms with Crippen molar-refractivity contribution in [3.05, 3.63) is 17.7 Å². The molecule has 0 N–H and O–H groups in total. The van der Waals surface area contributed by atoms with Crippen LogP contribution >= 0.6 is 35.6 Å². The van der Waals surface area contributed by atoms with Crippen molar-refractivity contribution < 1.29 is 14.2 Å². The van der Waals surface area contributed by atoms with Crippen LogP contribution in [0.2, 0.25) is 0 Å². The first-order valence-corrected chi connectivity index (χ1v) is 7.40. The van der Waals surface area contributed by atoms with E-state index in [0.29, 0.717) is 29.0 Å². The molecule has 0 saturated heterocycles. The lowest BCUT2D eigenvalue weighted by Gasteiger charge is -2.21. The molecule has 0 bridgehead atoms. The van der Waals surface area contributed by atoms with E-state index in [1.54, 1.807) is 21.3 Å². The van der Waals surface area contributed by atoms with E-state index in [2.05, 4.69) is 4.90 Å². The molecule has 0 saturated carbocycles. The summed E-state index contributed by atoms with van der Waals surface area (Å²) in [4.78, 5) is 2.18. The van der Waals surface area contributed by atoms with Crippen LogP contribution in [0.4, 0.5) is 0 Å². The Balaban J connectivity index is 0.00000400. The number of nitrogens with zero attached hydrogens (tertiary/aromatic N) is 1. The minimum Gasteiger partial charge on any atom is -0.493 e. The van der Waals surface area contributed by atoms with Gasteiger partial charge < -0.3 is 14.2 Å². The van der Waals surface area contributed by atoms with Gasteiger partial charge in [-0.15, -0.1) is 35.6 Å². The molecular weight excluding hydrogens is 337 g/mol. The highest BCUT2D eigenvalue weighted by Gasteiger charge is 2.14. The Morgan fingerprint density at radius 1 is 0.905 bits per heavy atom. The number of rotatable bonds is 9. The second kappa shape index (κ2) is 11.1. The van der Waals surface area contributed by atoms with Gasteiger partial charge in [-0.2, -0.15) is 0 Å². The largest absolute Gasteiger partial charge is 0.493 e. The molecule has 0 heterocycles. The topological polar surface area (TPSA) is 30.9 Å². The third-order valence-corrected chi connectivity index (χ3v) is 3.27. The molecule has 4 nitrogen and oxygen atoms in total. The molecule has 0 aliphatic carbocycles. The van der Waals surface area contributed by atoms with E-state index in [1.165, 1.54) is 0 Å². The zero-order valence-corrected chi connectivity index (χ0v) is 14.9. The van der Waals surface area contributed by atoms with E-state index < -0.39 is 0 Å². The molecule has 21 heavy (non-hydrogen) atoms. The molecular formula is C14H22Cl3NO3. The van der Waals surface area contributed by atoms with Crippen molar-refractivity contribution in [2.75, 3.05) is 46.2 Å². The highest BCUT2D eigenvalue weighted by Crippen LogP contribution is 2.38. The van der Waals surface area contributed by atoms with Gasteiger partial charge in [0.1, 0.15) is 0 Å². The quantitative estimate of drug-likeness (QED) is 0.633. The maximum absolute atomic E-state index is 5.81. The lowest BCUT2D eigenvalue weighted by molar-refractivity contribution is 0.294. The smallest absolute Gasteiger partial charge is 0.203 e. The van der Waals surface area contributed by atoms with Crippen LogP contribution in [-0.4, -0.2) is 51.1 Å². The predicted molar refractivity (Wildman–Crippen MR) is 90.1 cm³/mol. The second-order valence-electron chi connectivity index (χ2n) is 4.19. The highest BCUT2D eigenvalue weighted by atomic mass is 35.5. The van der Waals surface area contributed by atoms with Gasteiger partial charge in [0.15, 0.2) is 11.5 Å². The third-order valence-electron chi connectivity index (χ3n) is 2.93. The van der Waals surface area contributed by atoms with Crippen molar-refractivity contribution in [3.8, 4) is 17.2 Å². The van der Waals surface area contributed by atoms with Crippen molar-refractivity contribution in [2.24, 2.45) is 0 Å². The molecule has 0 amide bonds. The van der Waals surface area contributed by atoms with Crippen LogP contribution < -0.4 is 14.2 Å². The fourth-order valence-corrected chi connectivity index (χ4v) is 2.47. The SMILES string of the molecule is COc1cc(CN(CCCl)CCCl)cc(OC)c1OC.Cl. The Morgan fingerprint density at radius 3 is 1.71 bits per heavy atom. The standard InChI is InChI=1S/C14H21Cl2NO3.ClH/c1-18-12-8-11(9-13(19-2)14(12)20-3)10-17(6-4-15)7-5-16;/h8-9H,4-7,10H2,1-3H3;1H. The summed E-state index contributed by atoms with van der Waals surface area (Å²) >= 11 is 11.6. The van der Waals surface area contributed by atoms with Gasteiger partial charge in [0.05, 0.1) is 21.3 Å². The van der Waals surface area contributed by atoms with E-state index >= 15 is 0 Å². The van der Waals surface area contributed by atoms with Crippen molar-refractivity contribution in [2.45, 2.75) is 6.54 Å². The average Bonchev–Trinajstić information content (AvgIpc) is 2.46. The van der Waals surface area contributed by atoms with E-state index in [9.17, 15) is 0 Å². The summed E-state index contributed by atoms with van der Waals surface area (Å²) in [6, 6.07) is 3.88. The second-order valence-corrected chi connectivity index (χ2v) is 4.94. The number of benzene rings is 1. The fourth-order valence-electron chi connectivity index (χ4n) is 1.99. The maximum atomic E-state index is 5.81. The van der Waals surface area contributed by atoms with Crippen LogP contribution in [0.15, 0.2) is 12.1 Å². The van der Waals surface area contributed by atoms with Crippen LogP contribution in [0.1, 0.15) is 5.56 Å². The van der Waals surface area contributed by atoms with Crippen molar-refractivity contribution in [3.63, 3.8) is 0 Å². The number of halogens is 3. The van der Waals surface area contributed by atoms with Gasteiger partial charge in [0.25, 0.3) is 0 Å². The predicted octanol–water partition coefficient (Wildman–Crippen LogP) is 3.41. The van der Waals surface area contributed by atoms with E-state index in [0.717, 1.165) is 25.2 Å². The molecule has 7 heteroatoms. The average molecular weight is 359 g/mol. The summed E-state index contributed by atoms with van der Waals surface area (Å²) in [6.45, 7) is 2.30. The number of hydrogen-bond acceptors (Lipinski definition) is 4. The first-order chi connectivity index (χ1) is 9.69. The van der Waals surface area contributed by atoms with Gasteiger partial charge in [-0.05, 0) is 17.7 Å². The number of alkyl halides is 2. The molecule has 0 unspecified atom stereocenters. The number of ether oxygens (including phenoxy) is 3. The summed E-state index contributed by atoms with van der Waals surface area (Å²) in [5.74, 6) is 3.04. The molecule has 122 valence electrons. The lowest BCUT2D eigenvalue weighted by atomic mass is 10.1. The molecule has 0 atom stereocenters. The first kappa shape index (κ1) is 20.5. The molecule has 0 aromatic heterocycles. The molecule has 0 spiro atoms. The molecule has 0 aliphatic rings. The van der Waals surface area contributed by atoms with Gasteiger partial charge in [-0.25, -0.2) is 0 Å². The summed E-state index contributed by atoms with van der Waals surface area (Å²) in [6.07, 6.45) is 0. The Hall–Kier alpha value is -0.550. The summed E-state index contributed by atoms with van der Waals surface area (Å²) in [5, 5.41) is 0. The number of hydrogen-bond donors (Lipinski definition) is 0. The minimum absolute atomic E-state index is 0. The van der Waals surface area contributed by atoms with E-state index in [-0.39, 0.29) is 12.4 Å². The molecule has 1 aromatic rings. The molecule has 0 fully saturated rings. The van der Waals surface area contributed by atoms with Crippen LogP contribution in [0.5, 0.6) is 17.2 Å². The van der Waals surface area contributed by atoms with E-state index in [1.807, 2.05) is 12.1 Å². The summed E-state index contributed by atoms with van der Waals surface area (Å²) in [7, 11) is 4.81. The van der Waals surface area contributed by atoms with Gasteiger partial charge in [0.2, 0.25) is 5.75 Å². The Kier molecular flexibility index (Phi) is 10.8. The molecule has 1 aromatic carbocycles. The highest BCUT2D eigenvalue weighted by molar-refractivity contribution is 6.18. The summed E-state index contributed by atoms with van der Waals surface area (Å²) in [5.41, 5.74) is 1.06. The Bertz CT molecular complexity index is 387. The van der Waals surface area contributed by atoms with Gasteiger partial charge >= 0.3 is 0 Å². The minimum atomic E-state index is 0. The van der Waals surface area contributed by atoms with Gasteiger partial charge in [-0.1, -0.05) is 0 Å². The maximum Gasteiger partial charge on any atom is 0.203 e. The lowest BCUT2D eigenvalue weighted by Crippen LogP contribution is -2.27. The van der Waals surface area contributed by atoms with Crippen molar-refractivity contribution in [1.29, 1.82) is 0 Å². The summed E-state index contributed by atoms with van der Waals surface area (Å²) < 4.78 is 16.0. The zero-order chi connectivity index (χ0) is 15.0. The molecule has 1 rings (SSSR count). The van der Waals surface area contributed by atoms with Crippen molar-refractivity contribution in [1.82, 2.24) is 4.90 Å².